The van der Waals surface area contributed by atoms with Crippen LogP contribution in [0.5, 0.6) is 0 Å². The van der Waals surface area contributed by atoms with E-state index in [9.17, 15) is 4.79 Å². The number of hydrogen-bond donors (Lipinski definition) is 0. The van der Waals surface area contributed by atoms with Crippen molar-refractivity contribution in [2.24, 2.45) is 4.99 Å². The third-order valence-corrected chi connectivity index (χ3v) is 3.17. The Kier molecular flexibility index (Phi) is 2.25. The fourth-order valence-corrected chi connectivity index (χ4v) is 2.23. The highest BCUT2D eigenvalue weighted by molar-refractivity contribution is 7.09. The summed E-state index contributed by atoms with van der Waals surface area (Å²) in [6.07, 6.45) is 4.08. The van der Waals surface area contributed by atoms with E-state index in [1.54, 1.807) is 17.4 Å². The van der Waals surface area contributed by atoms with Crippen LogP contribution >= 0.6 is 11.3 Å². The van der Waals surface area contributed by atoms with Gasteiger partial charge in [-0.15, -0.1) is 11.3 Å². The van der Waals surface area contributed by atoms with Crippen LogP contribution in [0, 0.1) is 0 Å². The van der Waals surface area contributed by atoms with E-state index in [1.165, 1.54) is 17.8 Å². The quantitative estimate of drug-likeness (QED) is 0.547. The van der Waals surface area contributed by atoms with E-state index < -0.39 is 0 Å². The highest BCUT2D eigenvalue weighted by atomic mass is 32.1. The fraction of sp³-hybridized carbons (Fsp3) is 0.556. The molecule has 1 heterocycles. The number of aromatic nitrogens is 1. The van der Waals surface area contributed by atoms with Crippen molar-refractivity contribution in [2.45, 2.75) is 31.7 Å². The van der Waals surface area contributed by atoms with Crippen molar-refractivity contribution in [3.05, 3.63) is 16.1 Å². The molecule has 1 aromatic rings. The highest BCUT2D eigenvalue weighted by Crippen LogP contribution is 2.41. The largest absolute Gasteiger partial charge is 0.244 e. The van der Waals surface area contributed by atoms with E-state index in [-0.39, 0.29) is 6.04 Å². The lowest BCUT2D eigenvalue weighted by Crippen LogP contribution is -1.89. The van der Waals surface area contributed by atoms with Gasteiger partial charge in [0, 0.05) is 11.3 Å². The topological polar surface area (TPSA) is 42.3 Å². The molecule has 0 aromatic carbocycles. The van der Waals surface area contributed by atoms with Gasteiger partial charge in [0.15, 0.2) is 0 Å². The number of rotatable bonds is 3. The van der Waals surface area contributed by atoms with Crippen molar-refractivity contribution in [1.29, 1.82) is 0 Å². The Morgan fingerprint density at radius 1 is 1.77 bits per heavy atom. The Morgan fingerprint density at radius 3 is 3.15 bits per heavy atom. The van der Waals surface area contributed by atoms with Crippen molar-refractivity contribution in [3.8, 4) is 0 Å². The van der Waals surface area contributed by atoms with Gasteiger partial charge in [-0.05, 0) is 19.8 Å². The molecule has 0 radical (unpaired) electrons. The average Bonchev–Trinajstić information content (AvgIpc) is 2.84. The molecule has 3 nitrogen and oxygen atoms in total. The maximum absolute atomic E-state index is 10.0. The van der Waals surface area contributed by atoms with Crippen molar-refractivity contribution < 1.29 is 4.79 Å². The van der Waals surface area contributed by atoms with Crippen LogP contribution in [0.1, 0.15) is 42.4 Å². The number of nitrogens with zero attached hydrogens (tertiary/aromatic N) is 2. The summed E-state index contributed by atoms with van der Waals surface area (Å²) in [4.78, 5) is 18.1. The van der Waals surface area contributed by atoms with Crippen LogP contribution in [-0.4, -0.2) is 11.1 Å². The van der Waals surface area contributed by atoms with Gasteiger partial charge in [-0.2, -0.15) is 4.99 Å². The van der Waals surface area contributed by atoms with Gasteiger partial charge in [0.05, 0.1) is 10.7 Å². The number of hydrogen-bond acceptors (Lipinski definition) is 4. The summed E-state index contributed by atoms with van der Waals surface area (Å²) in [7, 11) is 0. The van der Waals surface area contributed by atoms with Gasteiger partial charge in [0.1, 0.15) is 6.04 Å². The lowest BCUT2D eigenvalue weighted by atomic mass is 10.3. The Hall–Kier alpha value is -0.990. The SMILES string of the molecule is CC(N=C=O)c1csc(C2CC2)n1. The van der Waals surface area contributed by atoms with Gasteiger partial charge in [0.25, 0.3) is 0 Å². The molecule has 1 fully saturated rings. The first-order chi connectivity index (χ1) is 6.31. The van der Waals surface area contributed by atoms with Gasteiger partial charge in [0.2, 0.25) is 6.08 Å². The summed E-state index contributed by atoms with van der Waals surface area (Å²) in [5, 5.41) is 3.18. The minimum absolute atomic E-state index is 0.138. The van der Waals surface area contributed by atoms with Gasteiger partial charge in [-0.3, -0.25) is 0 Å². The van der Waals surface area contributed by atoms with Crippen LogP contribution in [-0.2, 0) is 4.79 Å². The number of isocyanates is 1. The maximum Gasteiger partial charge on any atom is 0.235 e. The molecule has 2 rings (SSSR count). The molecule has 1 aliphatic carbocycles. The summed E-state index contributed by atoms with van der Waals surface area (Å²) in [6.45, 7) is 1.86. The predicted octanol–water partition coefficient (Wildman–Crippen LogP) is 2.42. The lowest BCUT2D eigenvalue weighted by molar-refractivity contribution is 0.559. The van der Waals surface area contributed by atoms with Crippen LogP contribution in [0.25, 0.3) is 0 Å². The first-order valence-corrected chi connectivity index (χ1v) is 5.21. The Morgan fingerprint density at radius 2 is 2.54 bits per heavy atom. The molecule has 4 heteroatoms. The third kappa shape index (κ3) is 1.85. The van der Waals surface area contributed by atoms with Gasteiger partial charge < -0.3 is 0 Å². The van der Waals surface area contributed by atoms with E-state index in [0.29, 0.717) is 5.92 Å². The molecule has 13 heavy (non-hydrogen) atoms. The van der Waals surface area contributed by atoms with E-state index >= 15 is 0 Å². The van der Waals surface area contributed by atoms with E-state index in [1.807, 2.05) is 12.3 Å². The molecule has 0 spiro atoms. The van der Waals surface area contributed by atoms with Crippen LogP contribution in [0.3, 0.4) is 0 Å². The minimum Gasteiger partial charge on any atom is -0.244 e. The minimum atomic E-state index is -0.138. The second-order valence-electron chi connectivity index (χ2n) is 3.28. The Bertz CT molecular complexity index is 350. The van der Waals surface area contributed by atoms with E-state index in [2.05, 4.69) is 9.98 Å². The normalized spacial score (nSPS) is 17.9. The molecule has 1 saturated carbocycles. The zero-order chi connectivity index (χ0) is 9.26. The van der Waals surface area contributed by atoms with Crippen molar-refractivity contribution in [3.63, 3.8) is 0 Å². The van der Waals surface area contributed by atoms with Crippen molar-refractivity contribution >= 4 is 17.4 Å². The smallest absolute Gasteiger partial charge is 0.235 e. The van der Waals surface area contributed by atoms with Crippen LogP contribution in [0.4, 0.5) is 0 Å². The van der Waals surface area contributed by atoms with Crippen LogP contribution in [0.2, 0.25) is 0 Å². The maximum atomic E-state index is 10.0. The molecular weight excluding hydrogens is 184 g/mol. The zero-order valence-electron chi connectivity index (χ0n) is 7.36. The van der Waals surface area contributed by atoms with Crippen LogP contribution < -0.4 is 0 Å². The van der Waals surface area contributed by atoms with Crippen molar-refractivity contribution in [2.75, 3.05) is 0 Å². The molecular formula is C9H10N2OS. The number of aliphatic imine (C=N–C) groups is 1. The number of carbonyl (C=O) groups excluding carboxylic acids is 1. The van der Waals surface area contributed by atoms with E-state index in [0.717, 1.165) is 5.69 Å². The van der Waals surface area contributed by atoms with Crippen molar-refractivity contribution in [1.82, 2.24) is 4.98 Å². The molecule has 0 amide bonds. The Labute approximate surface area is 80.5 Å². The monoisotopic (exact) mass is 194 g/mol. The molecule has 1 aliphatic rings. The van der Waals surface area contributed by atoms with E-state index in [4.69, 9.17) is 0 Å². The van der Waals surface area contributed by atoms with Gasteiger partial charge in [-0.1, -0.05) is 0 Å². The second kappa shape index (κ2) is 3.40. The van der Waals surface area contributed by atoms with Crippen LogP contribution in [0.15, 0.2) is 10.4 Å². The predicted molar refractivity (Wildman–Crippen MR) is 50.6 cm³/mol. The third-order valence-electron chi connectivity index (χ3n) is 2.14. The summed E-state index contributed by atoms with van der Waals surface area (Å²) < 4.78 is 0. The standard InChI is InChI=1S/C9H10N2OS/c1-6(10-5-12)8-4-13-9(11-8)7-2-3-7/h4,6-7H,2-3H2,1H3. The molecule has 68 valence electrons. The summed E-state index contributed by atoms with van der Waals surface area (Å²) in [5.41, 5.74) is 0.898. The summed E-state index contributed by atoms with van der Waals surface area (Å²) >= 11 is 1.67. The first kappa shape index (κ1) is 8.60. The highest BCUT2D eigenvalue weighted by Gasteiger charge is 2.27. The molecule has 1 aromatic heterocycles. The lowest BCUT2D eigenvalue weighted by Gasteiger charge is -1.96. The zero-order valence-corrected chi connectivity index (χ0v) is 8.17. The fourth-order valence-electron chi connectivity index (χ4n) is 1.16. The van der Waals surface area contributed by atoms with Gasteiger partial charge in [-0.25, -0.2) is 9.78 Å². The van der Waals surface area contributed by atoms with Gasteiger partial charge >= 0.3 is 0 Å². The molecule has 1 unspecified atom stereocenters. The molecule has 0 aliphatic heterocycles. The average molecular weight is 194 g/mol. The summed E-state index contributed by atoms with van der Waals surface area (Å²) in [6, 6.07) is -0.138. The molecule has 0 bridgehead atoms. The molecule has 0 N–H and O–H groups in total. The molecule has 1 atom stereocenters. The summed E-state index contributed by atoms with van der Waals surface area (Å²) in [5.74, 6) is 0.686. The Balaban J connectivity index is 2.15. The first-order valence-electron chi connectivity index (χ1n) is 4.33. The molecule has 0 saturated heterocycles. The number of thiazole rings is 1. The second-order valence-corrected chi connectivity index (χ2v) is 4.17.